The van der Waals surface area contributed by atoms with Crippen LogP contribution in [0.4, 0.5) is 0 Å². The number of rotatable bonds is 24. The van der Waals surface area contributed by atoms with Gasteiger partial charge in [-0.1, -0.05) is 52.7 Å². The average molecular weight is 919 g/mol. The number of benzene rings is 1. The van der Waals surface area contributed by atoms with Gasteiger partial charge in [-0.15, -0.1) is 0 Å². The van der Waals surface area contributed by atoms with Gasteiger partial charge in [0, 0.05) is 19.5 Å². The monoisotopic (exact) mass is 918 g/mol. The Bertz CT molecular complexity index is 1840. The lowest BCUT2D eigenvalue weighted by atomic mass is 9.96. The highest BCUT2D eigenvalue weighted by Crippen LogP contribution is 2.24. The van der Waals surface area contributed by atoms with E-state index < -0.39 is 114 Å². The Morgan fingerprint density at radius 3 is 1.77 bits per heavy atom. The van der Waals surface area contributed by atoms with E-state index in [-0.39, 0.29) is 50.4 Å². The van der Waals surface area contributed by atoms with Crippen molar-refractivity contribution >= 4 is 65.1 Å². The molecule has 64 heavy (non-hydrogen) atoms. The van der Waals surface area contributed by atoms with Crippen LogP contribution in [-0.4, -0.2) is 152 Å². The predicted octanol–water partition coefficient (Wildman–Crippen LogP) is 0.0925. The number of aromatic hydroxyl groups is 1. The second-order valence-corrected chi connectivity index (χ2v) is 17.6. The highest BCUT2D eigenvalue weighted by Gasteiger charge is 2.42. The highest BCUT2D eigenvalue weighted by atomic mass is 32.2. The zero-order valence-electron chi connectivity index (χ0n) is 37.5. The third kappa shape index (κ3) is 14.8. The number of carbonyl (C=O) groups is 9. The van der Waals surface area contributed by atoms with Crippen molar-refractivity contribution in [1.29, 1.82) is 0 Å². The SMILES string of the molecule is CC[C@H](C)[C@H](N)C(=O)N[C@@H](C)C(=O)N1CCC[C@H]1C(=O)N[C@@H](Cc1ccc(O)cc1)C(=O)N[C@H](C(=O)N1CCC[C@H]1C(=O)N[C@@H](CCSC)C(=O)N[C@@H](CC(=O)O)C(=O)O)[C@@H](C)CC. The molecule has 0 radical (unpaired) electrons. The summed E-state index contributed by atoms with van der Waals surface area (Å²) in [5.74, 6) is -7.74. The van der Waals surface area contributed by atoms with Gasteiger partial charge in [0.25, 0.3) is 0 Å². The Balaban J connectivity index is 1.84. The summed E-state index contributed by atoms with van der Waals surface area (Å²) in [7, 11) is 0. The molecule has 2 aliphatic rings. The minimum atomic E-state index is -1.74. The fraction of sp³-hybridized carbons (Fsp3) is 0.651. The molecule has 0 unspecified atom stereocenters. The first-order valence-corrected chi connectivity index (χ1v) is 23.2. The standard InChI is InChI=1S/C43H66N8O12S/c1-7-23(3)34(44)40(59)45-25(5)41(60)50-18-9-11-31(50)39(58)47-29(21-26-13-15-27(52)16-14-26)37(56)49-35(24(4)8-2)42(61)51-19-10-12-32(51)38(57)46-28(17-20-64-6)36(55)48-30(43(62)63)22-33(53)54/h13-16,23-25,28-32,34-35,52H,7-12,17-22,44H2,1-6H3,(H,45,59)(H,46,57)(H,47,58)(H,48,55)(H,49,56)(H,53,54)(H,62,63)/t23-,24-,25-,28-,29-,30-,31-,32-,34-,35-/m0/s1. The molecule has 0 aliphatic carbocycles. The topological polar surface area (TPSA) is 307 Å². The number of carbonyl (C=O) groups excluding carboxylic acids is 7. The quantitative estimate of drug-likeness (QED) is 0.0665. The van der Waals surface area contributed by atoms with Gasteiger partial charge < -0.3 is 57.4 Å². The van der Waals surface area contributed by atoms with Crippen LogP contribution in [0.1, 0.15) is 91.5 Å². The fourth-order valence-electron chi connectivity index (χ4n) is 7.62. The second kappa shape index (κ2) is 25.2. The number of hydrogen-bond acceptors (Lipinski definition) is 12. The zero-order chi connectivity index (χ0) is 47.8. The number of phenols is 1. The number of nitrogens with two attached hydrogens (primary N) is 1. The first-order chi connectivity index (χ1) is 30.2. The van der Waals surface area contributed by atoms with E-state index in [4.69, 9.17) is 10.8 Å². The van der Waals surface area contributed by atoms with E-state index in [1.165, 1.54) is 40.6 Å². The van der Waals surface area contributed by atoms with E-state index in [1.54, 1.807) is 25.3 Å². The number of thioether (sulfide) groups is 1. The molecule has 3 rings (SSSR count). The summed E-state index contributed by atoms with van der Waals surface area (Å²) in [5.41, 5.74) is 6.64. The summed E-state index contributed by atoms with van der Waals surface area (Å²) in [6, 6.07) is -3.30. The van der Waals surface area contributed by atoms with Gasteiger partial charge in [-0.2, -0.15) is 11.8 Å². The summed E-state index contributed by atoms with van der Waals surface area (Å²) in [6.45, 7) is 9.18. The van der Waals surface area contributed by atoms with Gasteiger partial charge in [0.1, 0.15) is 48.0 Å². The number of carboxylic acids is 2. The van der Waals surface area contributed by atoms with Crippen LogP contribution in [0.3, 0.4) is 0 Å². The maximum absolute atomic E-state index is 14.4. The van der Waals surface area contributed by atoms with Gasteiger partial charge in [-0.25, -0.2) is 4.79 Å². The predicted molar refractivity (Wildman–Crippen MR) is 236 cm³/mol. The maximum Gasteiger partial charge on any atom is 0.326 e. The molecule has 356 valence electrons. The number of amides is 7. The number of hydrogen-bond donors (Lipinski definition) is 9. The number of carboxylic acid groups (broad SMARTS) is 2. The normalized spacial score (nSPS) is 19.7. The molecule has 0 saturated carbocycles. The Morgan fingerprint density at radius 2 is 1.25 bits per heavy atom. The van der Waals surface area contributed by atoms with Crippen molar-refractivity contribution in [1.82, 2.24) is 36.4 Å². The lowest BCUT2D eigenvalue weighted by Gasteiger charge is -2.33. The minimum Gasteiger partial charge on any atom is -0.508 e. The molecule has 2 heterocycles. The molecule has 2 saturated heterocycles. The molecular formula is C43H66N8O12S. The summed E-state index contributed by atoms with van der Waals surface area (Å²) in [6.07, 6.45) is 3.37. The third-order valence-electron chi connectivity index (χ3n) is 12.0. The number of likely N-dealkylation sites (tertiary alicyclic amines) is 2. The molecule has 2 fully saturated rings. The molecule has 20 nitrogen and oxygen atoms in total. The number of nitrogens with one attached hydrogen (secondary N) is 5. The van der Waals surface area contributed by atoms with Gasteiger partial charge >= 0.3 is 11.9 Å². The molecule has 10 N–H and O–H groups in total. The lowest BCUT2D eigenvalue weighted by molar-refractivity contribution is -0.147. The molecule has 10 atom stereocenters. The molecule has 0 spiro atoms. The molecule has 0 aromatic heterocycles. The van der Waals surface area contributed by atoms with Crippen LogP contribution in [0.2, 0.25) is 0 Å². The summed E-state index contributed by atoms with van der Waals surface area (Å²) < 4.78 is 0. The second-order valence-electron chi connectivity index (χ2n) is 16.7. The smallest absolute Gasteiger partial charge is 0.326 e. The van der Waals surface area contributed by atoms with Gasteiger partial charge in [-0.05, 0) is 80.6 Å². The van der Waals surface area contributed by atoms with Crippen molar-refractivity contribution in [2.75, 3.05) is 25.1 Å². The third-order valence-corrected chi connectivity index (χ3v) is 12.6. The van der Waals surface area contributed by atoms with Crippen molar-refractivity contribution in [3.63, 3.8) is 0 Å². The summed E-state index contributed by atoms with van der Waals surface area (Å²) in [4.78, 5) is 122. The van der Waals surface area contributed by atoms with Crippen molar-refractivity contribution in [2.45, 2.75) is 141 Å². The summed E-state index contributed by atoms with van der Waals surface area (Å²) >= 11 is 1.36. The molecular weight excluding hydrogens is 853 g/mol. The Hall–Kier alpha value is -5.44. The average Bonchev–Trinajstić information content (AvgIpc) is 3.97. The van der Waals surface area contributed by atoms with Gasteiger partial charge in [0.15, 0.2) is 0 Å². The molecule has 21 heteroatoms. The van der Waals surface area contributed by atoms with Crippen molar-refractivity contribution < 1.29 is 58.5 Å². The molecule has 0 bridgehead atoms. The first-order valence-electron chi connectivity index (χ1n) is 21.8. The van der Waals surface area contributed by atoms with Crippen LogP contribution < -0.4 is 32.3 Å². The van der Waals surface area contributed by atoms with Crippen LogP contribution in [-0.2, 0) is 49.6 Å². The van der Waals surface area contributed by atoms with E-state index >= 15 is 0 Å². The molecule has 1 aromatic rings. The van der Waals surface area contributed by atoms with E-state index in [1.807, 2.05) is 20.8 Å². The van der Waals surface area contributed by atoms with Crippen molar-refractivity contribution in [2.24, 2.45) is 17.6 Å². The van der Waals surface area contributed by atoms with Gasteiger partial charge in [-0.3, -0.25) is 38.4 Å². The number of nitrogens with zero attached hydrogens (tertiary/aromatic N) is 2. The maximum atomic E-state index is 14.4. The van der Waals surface area contributed by atoms with Crippen LogP contribution in [0, 0.1) is 11.8 Å². The largest absolute Gasteiger partial charge is 0.508 e. The van der Waals surface area contributed by atoms with Crippen LogP contribution in [0.5, 0.6) is 5.75 Å². The van der Waals surface area contributed by atoms with Crippen molar-refractivity contribution in [3.05, 3.63) is 29.8 Å². The van der Waals surface area contributed by atoms with Crippen LogP contribution in [0.15, 0.2) is 24.3 Å². The van der Waals surface area contributed by atoms with E-state index in [9.17, 15) is 53.4 Å². The molecule has 1 aromatic carbocycles. The molecule has 7 amide bonds. The van der Waals surface area contributed by atoms with Crippen LogP contribution >= 0.6 is 11.8 Å². The fourth-order valence-corrected chi connectivity index (χ4v) is 8.09. The highest BCUT2D eigenvalue weighted by molar-refractivity contribution is 7.98. The van der Waals surface area contributed by atoms with Gasteiger partial charge in [0.2, 0.25) is 41.4 Å². The van der Waals surface area contributed by atoms with Gasteiger partial charge in [0.05, 0.1) is 12.5 Å². The van der Waals surface area contributed by atoms with E-state index in [2.05, 4.69) is 26.6 Å². The van der Waals surface area contributed by atoms with Crippen molar-refractivity contribution in [3.8, 4) is 5.75 Å². The first kappa shape index (κ1) is 52.9. The van der Waals surface area contributed by atoms with E-state index in [0.29, 0.717) is 37.0 Å². The Labute approximate surface area is 377 Å². The number of aliphatic carboxylic acids is 2. The Kier molecular flexibility index (Phi) is 20.8. The summed E-state index contributed by atoms with van der Waals surface area (Å²) in [5, 5.41) is 41.6. The zero-order valence-corrected chi connectivity index (χ0v) is 38.3. The Morgan fingerprint density at radius 1 is 0.719 bits per heavy atom. The minimum absolute atomic E-state index is 0.0225. The van der Waals surface area contributed by atoms with E-state index in [0.717, 1.165) is 0 Å². The van der Waals surface area contributed by atoms with Crippen LogP contribution in [0.25, 0.3) is 0 Å². The number of phenolic OH excluding ortho intramolecular Hbond substituents is 1. The lowest BCUT2D eigenvalue weighted by Crippen LogP contribution is -2.61. The molecule has 2 aliphatic heterocycles.